The standard InChI is InChI=1S/C20H30N2O4S/c1-13(2)16-9-7-8-14(3)17(16)21-18(23)20(4,5)19(24)22(6)15-10-11-27(25,26)12-15/h7-9,13,15H,10-12H2,1-6H3,(H,21,23). The lowest BCUT2D eigenvalue weighted by atomic mass is 9.89. The second-order valence-electron chi connectivity index (χ2n) is 8.25. The van der Waals surface area contributed by atoms with Crippen LogP contribution in [0.1, 0.15) is 51.2 Å². The van der Waals surface area contributed by atoms with E-state index in [9.17, 15) is 18.0 Å². The summed E-state index contributed by atoms with van der Waals surface area (Å²) >= 11 is 0. The highest BCUT2D eigenvalue weighted by molar-refractivity contribution is 7.91. The Morgan fingerprint density at radius 3 is 2.41 bits per heavy atom. The Balaban J connectivity index is 2.21. The van der Waals surface area contributed by atoms with Gasteiger partial charge in [0.2, 0.25) is 11.8 Å². The number of carbonyl (C=O) groups is 2. The molecule has 1 fully saturated rings. The zero-order valence-corrected chi connectivity index (χ0v) is 17.8. The number of carbonyl (C=O) groups excluding carboxylic acids is 2. The number of hydrogen-bond donors (Lipinski definition) is 1. The van der Waals surface area contributed by atoms with Gasteiger partial charge in [0, 0.05) is 18.8 Å². The number of anilines is 1. The van der Waals surface area contributed by atoms with Crippen molar-refractivity contribution in [3.05, 3.63) is 29.3 Å². The Bertz CT molecular complexity index is 844. The van der Waals surface area contributed by atoms with E-state index in [0.29, 0.717) is 6.42 Å². The van der Waals surface area contributed by atoms with Gasteiger partial charge in [0.1, 0.15) is 5.41 Å². The summed E-state index contributed by atoms with van der Waals surface area (Å²) in [5.74, 6) is -0.492. The van der Waals surface area contributed by atoms with E-state index in [-0.39, 0.29) is 29.4 Å². The lowest BCUT2D eigenvalue weighted by molar-refractivity contribution is -0.146. The maximum atomic E-state index is 13.0. The fourth-order valence-electron chi connectivity index (χ4n) is 3.40. The van der Waals surface area contributed by atoms with Crippen molar-refractivity contribution in [3.63, 3.8) is 0 Å². The molecule has 0 bridgehead atoms. The normalized spacial score (nSPS) is 19.1. The van der Waals surface area contributed by atoms with Crippen LogP contribution in [-0.2, 0) is 19.4 Å². The SMILES string of the molecule is Cc1cccc(C(C)C)c1NC(=O)C(C)(C)C(=O)N(C)C1CCS(=O)(=O)C1. The van der Waals surface area contributed by atoms with E-state index in [0.717, 1.165) is 16.8 Å². The number of nitrogens with zero attached hydrogens (tertiary/aromatic N) is 1. The molecule has 0 aromatic heterocycles. The molecule has 0 spiro atoms. The summed E-state index contributed by atoms with van der Waals surface area (Å²) in [6.45, 7) is 9.19. The number of rotatable bonds is 5. The summed E-state index contributed by atoms with van der Waals surface area (Å²) in [7, 11) is -1.52. The van der Waals surface area contributed by atoms with Crippen molar-refractivity contribution in [2.75, 3.05) is 23.9 Å². The van der Waals surface area contributed by atoms with Crippen LogP contribution in [0.25, 0.3) is 0 Å². The zero-order chi connectivity index (χ0) is 20.6. The van der Waals surface area contributed by atoms with Crippen LogP contribution >= 0.6 is 0 Å². The molecule has 1 saturated heterocycles. The Morgan fingerprint density at radius 2 is 1.89 bits per heavy atom. The predicted octanol–water partition coefficient (Wildman–Crippen LogP) is 2.73. The van der Waals surface area contributed by atoms with Crippen molar-refractivity contribution in [2.24, 2.45) is 5.41 Å². The minimum absolute atomic E-state index is 0.0395. The molecule has 6 nitrogen and oxygen atoms in total. The number of aryl methyl sites for hydroxylation is 1. The smallest absolute Gasteiger partial charge is 0.239 e. The van der Waals surface area contributed by atoms with Crippen LogP contribution in [0, 0.1) is 12.3 Å². The third-order valence-electron chi connectivity index (χ3n) is 5.34. The first-order chi connectivity index (χ1) is 12.4. The van der Waals surface area contributed by atoms with Crippen molar-refractivity contribution in [1.29, 1.82) is 0 Å². The summed E-state index contributed by atoms with van der Waals surface area (Å²) in [6.07, 6.45) is 0.414. The number of benzene rings is 1. The van der Waals surface area contributed by atoms with Gasteiger partial charge >= 0.3 is 0 Å². The van der Waals surface area contributed by atoms with Gasteiger partial charge in [0.15, 0.2) is 9.84 Å². The number of para-hydroxylation sites is 1. The first-order valence-corrected chi connectivity index (χ1v) is 11.1. The maximum Gasteiger partial charge on any atom is 0.239 e. The van der Waals surface area contributed by atoms with Crippen molar-refractivity contribution >= 4 is 27.3 Å². The topological polar surface area (TPSA) is 83.6 Å². The summed E-state index contributed by atoms with van der Waals surface area (Å²) in [6, 6.07) is 5.47. The van der Waals surface area contributed by atoms with Crippen molar-refractivity contribution < 1.29 is 18.0 Å². The van der Waals surface area contributed by atoms with E-state index in [1.54, 1.807) is 20.9 Å². The largest absolute Gasteiger partial charge is 0.341 e. The molecule has 1 unspecified atom stereocenters. The van der Waals surface area contributed by atoms with E-state index < -0.39 is 21.2 Å². The molecule has 0 aliphatic carbocycles. The first-order valence-electron chi connectivity index (χ1n) is 9.25. The van der Waals surface area contributed by atoms with Crippen LogP contribution in [0.3, 0.4) is 0 Å². The molecule has 1 aromatic carbocycles. The van der Waals surface area contributed by atoms with E-state index in [1.807, 2.05) is 25.1 Å². The average Bonchev–Trinajstić information content (AvgIpc) is 2.94. The van der Waals surface area contributed by atoms with Crippen LogP contribution < -0.4 is 5.32 Å². The van der Waals surface area contributed by atoms with Crippen LogP contribution in [-0.4, -0.2) is 49.7 Å². The first kappa shape index (κ1) is 21.4. The summed E-state index contributed by atoms with van der Waals surface area (Å²) in [5.41, 5.74) is 1.39. The molecular weight excluding hydrogens is 364 g/mol. The fourth-order valence-corrected chi connectivity index (χ4v) is 5.17. The van der Waals surface area contributed by atoms with Gasteiger partial charge < -0.3 is 10.2 Å². The van der Waals surface area contributed by atoms with Gasteiger partial charge in [-0.25, -0.2) is 8.42 Å². The number of sulfone groups is 1. The molecule has 1 aliphatic rings. The highest BCUT2D eigenvalue weighted by Crippen LogP contribution is 2.30. The molecule has 1 atom stereocenters. The van der Waals surface area contributed by atoms with Gasteiger partial charge in [-0.05, 0) is 44.2 Å². The third kappa shape index (κ3) is 4.51. The van der Waals surface area contributed by atoms with Crippen molar-refractivity contribution in [1.82, 2.24) is 4.90 Å². The Kier molecular flexibility index (Phi) is 6.04. The molecule has 0 radical (unpaired) electrons. The van der Waals surface area contributed by atoms with Crippen LogP contribution in [0.4, 0.5) is 5.69 Å². The summed E-state index contributed by atoms with van der Waals surface area (Å²) in [5, 5.41) is 2.94. The highest BCUT2D eigenvalue weighted by atomic mass is 32.2. The molecular formula is C20H30N2O4S. The maximum absolute atomic E-state index is 13.0. The molecule has 2 amide bonds. The Labute approximate surface area is 162 Å². The number of hydrogen-bond acceptors (Lipinski definition) is 4. The third-order valence-corrected chi connectivity index (χ3v) is 7.09. The predicted molar refractivity (Wildman–Crippen MR) is 108 cm³/mol. The van der Waals surface area contributed by atoms with Crippen LogP contribution in [0.5, 0.6) is 0 Å². The van der Waals surface area contributed by atoms with Gasteiger partial charge in [-0.15, -0.1) is 0 Å². The minimum Gasteiger partial charge on any atom is -0.341 e. The van der Waals surface area contributed by atoms with Gasteiger partial charge in [-0.1, -0.05) is 32.0 Å². The molecule has 2 rings (SSSR count). The molecule has 150 valence electrons. The summed E-state index contributed by atoms with van der Waals surface area (Å²) < 4.78 is 23.4. The molecule has 1 aliphatic heterocycles. The lowest BCUT2D eigenvalue weighted by Gasteiger charge is -2.32. The van der Waals surface area contributed by atoms with Gasteiger partial charge in [0.05, 0.1) is 11.5 Å². The van der Waals surface area contributed by atoms with Gasteiger partial charge in [0.25, 0.3) is 0 Å². The van der Waals surface area contributed by atoms with Gasteiger partial charge in [-0.3, -0.25) is 9.59 Å². The second-order valence-corrected chi connectivity index (χ2v) is 10.5. The van der Waals surface area contributed by atoms with Crippen molar-refractivity contribution in [2.45, 2.75) is 53.0 Å². The van der Waals surface area contributed by atoms with E-state index >= 15 is 0 Å². The average molecular weight is 395 g/mol. The van der Waals surface area contributed by atoms with E-state index in [1.165, 1.54) is 4.90 Å². The second kappa shape index (κ2) is 7.62. The monoisotopic (exact) mass is 394 g/mol. The van der Waals surface area contributed by atoms with Crippen LogP contribution in [0.15, 0.2) is 18.2 Å². The zero-order valence-electron chi connectivity index (χ0n) is 17.0. The molecule has 0 saturated carbocycles. The minimum atomic E-state index is -3.10. The highest BCUT2D eigenvalue weighted by Gasteiger charge is 2.42. The lowest BCUT2D eigenvalue weighted by Crippen LogP contribution is -2.49. The number of amides is 2. The Morgan fingerprint density at radius 1 is 1.26 bits per heavy atom. The number of nitrogens with one attached hydrogen (secondary N) is 1. The van der Waals surface area contributed by atoms with Crippen molar-refractivity contribution in [3.8, 4) is 0 Å². The molecule has 1 heterocycles. The summed E-state index contributed by atoms with van der Waals surface area (Å²) in [4.78, 5) is 27.4. The van der Waals surface area contributed by atoms with E-state index in [4.69, 9.17) is 0 Å². The Hall–Kier alpha value is -1.89. The van der Waals surface area contributed by atoms with Gasteiger partial charge in [-0.2, -0.15) is 0 Å². The van der Waals surface area contributed by atoms with E-state index in [2.05, 4.69) is 19.2 Å². The van der Waals surface area contributed by atoms with Crippen LogP contribution in [0.2, 0.25) is 0 Å². The molecule has 7 heteroatoms. The quantitative estimate of drug-likeness (QED) is 0.779. The molecule has 1 N–H and O–H groups in total. The molecule has 27 heavy (non-hydrogen) atoms. The molecule has 1 aromatic rings. The fraction of sp³-hybridized carbons (Fsp3) is 0.600.